The van der Waals surface area contributed by atoms with Crippen molar-refractivity contribution in [2.45, 2.75) is 32.6 Å². The lowest BCUT2D eigenvalue weighted by Crippen LogP contribution is -2.27. The van der Waals surface area contributed by atoms with Crippen LogP contribution in [0.1, 0.15) is 38.2 Å². The Bertz CT molecular complexity index is 455. The molecule has 2 rings (SSSR count). The van der Waals surface area contributed by atoms with Gasteiger partial charge >= 0.3 is 0 Å². The summed E-state index contributed by atoms with van der Waals surface area (Å²) in [7, 11) is 0. The molecule has 2 heteroatoms. The maximum absolute atomic E-state index is 11.7. The topological polar surface area (TPSA) is 34.1 Å². The molecule has 0 radical (unpaired) electrons. The predicted molar refractivity (Wildman–Crippen MR) is 72.1 cm³/mol. The Kier molecular flexibility index (Phi) is 4.08. The second kappa shape index (κ2) is 5.76. The maximum atomic E-state index is 11.7. The van der Waals surface area contributed by atoms with Crippen molar-refractivity contribution < 1.29 is 9.59 Å². The van der Waals surface area contributed by atoms with E-state index in [4.69, 9.17) is 0 Å². The van der Waals surface area contributed by atoms with Gasteiger partial charge in [0.05, 0.1) is 5.92 Å². The summed E-state index contributed by atoms with van der Waals surface area (Å²) in [6.07, 6.45) is 4.43. The SMILES string of the molecule is C/C(=C\CC1C(=O)CCCC1=O)c1ccccc1. The van der Waals surface area contributed by atoms with E-state index in [1.54, 1.807) is 0 Å². The molecule has 1 aliphatic carbocycles. The molecule has 1 fully saturated rings. The van der Waals surface area contributed by atoms with Gasteiger partial charge in [-0.05, 0) is 30.9 Å². The summed E-state index contributed by atoms with van der Waals surface area (Å²) in [5.41, 5.74) is 2.27. The molecule has 0 aromatic heterocycles. The zero-order chi connectivity index (χ0) is 13.0. The highest BCUT2D eigenvalue weighted by Crippen LogP contribution is 2.23. The molecule has 1 aromatic carbocycles. The van der Waals surface area contributed by atoms with Gasteiger partial charge < -0.3 is 0 Å². The lowest BCUT2D eigenvalue weighted by molar-refractivity contribution is -0.135. The van der Waals surface area contributed by atoms with Crippen LogP contribution in [0.25, 0.3) is 5.57 Å². The Labute approximate surface area is 108 Å². The third-order valence-electron chi connectivity index (χ3n) is 3.51. The first kappa shape index (κ1) is 12.7. The molecular weight excluding hydrogens is 224 g/mol. The molecule has 18 heavy (non-hydrogen) atoms. The number of hydrogen-bond acceptors (Lipinski definition) is 2. The van der Waals surface area contributed by atoms with E-state index in [2.05, 4.69) is 0 Å². The van der Waals surface area contributed by atoms with Crippen LogP contribution >= 0.6 is 0 Å². The summed E-state index contributed by atoms with van der Waals surface area (Å²) in [6, 6.07) is 10.0. The minimum absolute atomic E-state index is 0.114. The summed E-state index contributed by atoms with van der Waals surface area (Å²) in [5.74, 6) is -0.163. The van der Waals surface area contributed by atoms with Crippen LogP contribution in [0.3, 0.4) is 0 Å². The van der Waals surface area contributed by atoms with E-state index < -0.39 is 5.92 Å². The number of rotatable bonds is 3. The second-order valence-electron chi connectivity index (χ2n) is 4.83. The Morgan fingerprint density at radius 3 is 2.39 bits per heavy atom. The molecule has 0 unspecified atom stereocenters. The van der Waals surface area contributed by atoms with E-state index in [1.807, 2.05) is 43.3 Å². The van der Waals surface area contributed by atoms with E-state index >= 15 is 0 Å². The molecule has 1 saturated carbocycles. The summed E-state index contributed by atoms with van der Waals surface area (Å²) < 4.78 is 0. The zero-order valence-electron chi connectivity index (χ0n) is 10.7. The van der Waals surface area contributed by atoms with Crippen molar-refractivity contribution in [3.05, 3.63) is 42.0 Å². The monoisotopic (exact) mass is 242 g/mol. The molecule has 0 amide bonds. The minimum Gasteiger partial charge on any atom is -0.299 e. The highest BCUT2D eigenvalue weighted by molar-refractivity contribution is 6.04. The average Bonchev–Trinajstić information content (AvgIpc) is 2.39. The molecule has 0 bridgehead atoms. The van der Waals surface area contributed by atoms with E-state index in [-0.39, 0.29) is 11.6 Å². The van der Waals surface area contributed by atoms with E-state index in [1.165, 1.54) is 0 Å². The van der Waals surface area contributed by atoms with Crippen LogP contribution in [0.4, 0.5) is 0 Å². The number of benzene rings is 1. The predicted octanol–water partition coefficient (Wildman–Crippen LogP) is 3.42. The Morgan fingerprint density at radius 1 is 1.17 bits per heavy atom. The summed E-state index contributed by atoms with van der Waals surface area (Å²) in [6.45, 7) is 2.02. The molecule has 1 aromatic rings. The van der Waals surface area contributed by atoms with Crippen molar-refractivity contribution in [3.63, 3.8) is 0 Å². The van der Waals surface area contributed by atoms with Crippen molar-refractivity contribution >= 4 is 17.1 Å². The van der Waals surface area contributed by atoms with Gasteiger partial charge in [-0.3, -0.25) is 9.59 Å². The number of carbonyl (C=O) groups excluding carboxylic acids is 2. The van der Waals surface area contributed by atoms with Crippen LogP contribution in [0.5, 0.6) is 0 Å². The van der Waals surface area contributed by atoms with Crippen LogP contribution in [0, 0.1) is 5.92 Å². The standard InChI is InChI=1S/C16H18O2/c1-12(13-6-3-2-4-7-13)10-11-14-15(17)8-5-9-16(14)18/h2-4,6-7,10,14H,5,8-9,11H2,1H3/b12-10+. The quantitative estimate of drug-likeness (QED) is 0.761. The lowest BCUT2D eigenvalue weighted by atomic mass is 9.84. The Hall–Kier alpha value is -1.70. The molecule has 0 spiro atoms. The fraction of sp³-hybridized carbons (Fsp3) is 0.375. The first-order valence-electron chi connectivity index (χ1n) is 6.46. The molecule has 2 nitrogen and oxygen atoms in total. The van der Waals surface area contributed by atoms with Crippen molar-refractivity contribution in [1.29, 1.82) is 0 Å². The van der Waals surface area contributed by atoms with Gasteiger partial charge in [0, 0.05) is 12.8 Å². The van der Waals surface area contributed by atoms with E-state index in [0.717, 1.165) is 17.6 Å². The summed E-state index contributed by atoms with van der Waals surface area (Å²) in [5, 5.41) is 0. The van der Waals surface area contributed by atoms with Crippen LogP contribution < -0.4 is 0 Å². The van der Waals surface area contributed by atoms with Gasteiger partial charge in [-0.2, -0.15) is 0 Å². The smallest absolute Gasteiger partial charge is 0.143 e. The van der Waals surface area contributed by atoms with Crippen molar-refractivity contribution in [2.75, 3.05) is 0 Å². The zero-order valence-corrected chi connectivity index (χ0v) is 10.7. The van der Waals surface area contributed by atoms with Gasteiger partial charge in [-0.25, -0.2) is 0 Å². The maximum Gasteiger partial charge on any atom is 0.143 e. The minimum atomic E-state index is -0.391. The molecular formula is C16H18O2. The third-order valence-corrected chi connectivity index (χ3v) is 3.51. The first-order valence-corrected chi connectivity index (χ1v) is 6.46. The number of Topliss-reactive ketones (excluding diaryl/α,β-unsaturated/α-hetero) is 2. The van der Waals surface area contributed by atoms with E-state index in [9.17, 15) is 9.59 Å². The van der Waals surface area contributed by atoms with Crippen LogP contribution in [-0.4, -0.2) is 11.6 Å². The van der Waals surface area contributed by atoms with Gasteiger partial charge in [0.1, 0.15) is 11.6 Å². The normalized spacial score (nSPS) is 18.2. The molecule has 0 saturated heterocycles. The lowest BCUT2D eigenvalue weighted by Gasteiger charge is -2.18. The van der Waals surface area contributed by atoms with Crippen molar-refractivity contribution in [2.24, 2.45) is 5.92 Å². The fourth-order valence-electron chi connectivity index (χ4n) is 2.34. The molecule has 0 atom stereocenters. The highest BCUT2D eigenvalue weighted by atomic mass is 16.2. The van der Waals surface area contributed by atoms with Crippen LogP contribution in [-0.2, 0) is 9.59 Å². The van der Waals surface area contributed by atoms with Gasteiger partial charge in [-0.1, -0.05) is 36.4 Å². The van der Waals surface area contributed by atoms with Gasteiger partial charge in [-0.15, -0.1) is 0 Å². The first-order chi connectivity index (χ1) is 8.68. The molecule has 0 aliphatic heterocycles. The van der Waals surface area contributed by atoms with Crippen LogP contribution in [0.2, 0.25) is 0 Å². The third kappa shape index (κ3) is 2.95. The van der Waals surface area contributed by atoms with E-state index in [0.29, 0.717) is 19.3 Å². The fourth-order valence-corrected chi connectivity index (χ4v) is 2.34. The van der Waals surface area contributed by atoms with Crippen molar-refractivity contribution in [3.8, 4) is 0 Å². The number of carbonyl (C=O) groups is 2. The summed E-state index contributed by atoms with van der Waals surface area (Å²) >= 11 is 0. The van der Waals surface area contributed by atoms with Crippen molar-refractivity contribution in [1.82, 2.24) is 0 Å². The molecule has 0 N–H and O–H groups in total. The number of allylic oxidation sites excluding steroid dienone is 2. The molecule has 0 heterocycles. The molecule has 1 aliphatic rings. The van der Waals surface area contributed by atoms with Gasteiger partial charge in [0.15, 0.2) is 0 Å². The highest BCUT2D eigenvalue weighted by Gasteiger charge is 2.28. The number of hydrogen-bond donors (Lipinski definition) is 0. The Morgan fingerprint density at radius 2 is 1.78 bits per heavy atom. The summed E-state index contributed by atoms with van der Waals surface area (Å²) in [4.78, 5) is 23.4. The Balaban J connectivity index is 2.06. The second-order valence-corrected chi connectivity index (χ2v) is 4.83. The van der Waals surface area contributed by atoms with Gasteiger partial charge in [0.2, 0.25) is 0 Å². The molecule has 94 valence electrons. The van der Waals surface area contributed by atoms with Crippen LogP contribution in [0.15, 0.2) is 36.4 Å². The van der Waals surface area contributed by atoms with Gasteiger partial charge in [0.25, 0.3) is 0 Å². The average molecular weight is 242 g/mol. The number of ketones is 2. The largest absolute Gasteiger partial charge is 0.299 e.